The molecular formula is C18H25N3O7S. The topological polar surface area (TPSA) is 179 Å². The molecule has 0 fully saturated rings. The summed E-state index contributed by atoms with van der Waals surface area (Å²) < 4.78 is 0. The number of phenolic OH excluding ortho intramolecular Hbond substituents is 1. The lowest BCUT2D eigenvalue weighted by Crippen LogP contribution is -2.55. The molecule has 0 heterocycles. The van der Waals surface area contributed by atoms with Crippen LogP contribution < -0.4 is 16.4 Å². The Kier molecular flexibility index (Phi) is 9.97. The number of amides is 2. The van der Waals surface area contributed by atoms with E-state index in [0.29, 0.717) is 11.3 Å². The third-order valence-electron chi connectivity index (χ3n) is 3.97. The van der Waals surface area contributed by atoms with Gasteiger partial charge in [0, 0.05) is 6.42 Å². The van der Waals surface area contributed by atoms with Crippen molar-refractivity contribution >= 4 is 35.5 Å². The lowest BCUT2D eigenvalue weighted by atomic mass is 10.0. The standard InChI is InChI=1S/C18H25N3O7S/c1-29-7-6-13(18(27)28)20-17(26)14(8-10-2-4-11(22)5-3-10)21-16(25)12(19)9-15(23)24/h2-5,12-14,22H,6-9,19H2,1H3,(H,20,26)(H,21,25)(H,23,24)(H,27,28)/t12-,13-,14-/m0/s1. The second kappa shape index (κ2) is 11.9. The number of rotatable bonds is 12. The smallest absolute Gasteiger partial charge is 0.326 e. The van der Waals surface area contributed by atoms with E-state index in [-0.39, 0.29) is 18.6 Å². The van der Waals surface area contributed by atoms with Crippen molar-refractivity contribution in [2.75, 3.05) is 12.0 Å². The van der Waals surface area contributed by atoms with Crippen molar-refractivity contribution in [1.29, 1.82) is 0 Å². The fourth-order valence-corrected chi connectivity index (χ4v) is 2.87. The minimum Gasteiger partial charge on any atom is -0.508 e. The fourth-order valence-electron chi connectivity index (χ4n) is 2.40. The highest BCUT2D eigenvalue weighted by Crippen LogP contribution is 2.12. The van der Waals surface area contributed by atoms with Crippen molar-refractivity contribution in [2.45, 2.75) is 37.4 Å². The highest BCUT2D eigenvalue weighted by molar-refractivity contribution is 7.98. The van der Waals surface area contributed by atoms with Gasteiger partial charge >= 0.3 is 11.9 Å². The van der Waals surface area contributed by atoms with E-state index in [1.54, 1.807) is 18.4 Å². The summed E-state index contributed by atoms with van der Waals surface area (Å²) in [6, 6.07) is 2.21. The minimum absolute atomic E-state index is 0.00743. The van der Waals surface area contributed by atoms with Crippen LogP contribution in [0.5, 0.6) is 5.75 Å². The van der Waals surface area contributed by atoms with Crippen LogP contribution >= 0.6 is 11.8 Å². The average molecular weight is 427 g/mol. The van der Waals surface area contributed by atoms with E-state index < -0.39 is 48.3 Å². The molecule has 1 rings (SSSR count). The Labute approximate surface area is 171 Å². The van der Waals surface area contributed by atoms with E-state index in [0.717, 1.165) is 0 Å². The first-order chi connectivity index (χ1) is 13.6. The number of carbonyl (C=O) groups excluding carboxylic acids is 2. The summed E-state index contributed by atoms with van der Waals surface area (Å²) in [5.74, 6) is -3.52. The molecular weight excluding hydrogens is 402 g/mol. The van der Waals surface area contributed by atoms with Crippen LogP contribution in [0.4, 0.5) is 0 Å². The number of hydrogen-bond donors (Lipinski definition) is 6. The summed E-state index contributed by atoms with van der Waals surface area (Å²) in [5, 5.41) is 32.2. The molecule has 0 bridgehead atoms. The third kappa shape index (κ3) is 8.83. The minimum atomic E-state index is -1.37. The molecule has 0 aliphatic carbocycles. The third-order valence-corrected chi connectivity index (χ3v) is 4.61. The molecule has 1 aromatic carbocycles. The Balaban J connectivity index is 2.96. The Morgan fingerprint density at radius 1 is 1.03 bits per heavy atom. The first-order valence-electron chi connectivity index (χ1n) is 8.71. The second-order valence-corrected chi connectivity index (χ2v) is 7.30. The Morgan fingerprint density at radius 3 is 2.14 bits per heavy atom. The van der Waals surface area contributed by atoms with Gasteiger partial charge in [-0.25, -0.2) is 4.79 Å². The van der Waals surface area contributed by atoms with Gasteiger partial charge in [0.1, 0.15) is 17.8 Å². The largest absolute Gasteiger partial charge is 0.508 e. The molecule has 0 radical (unpaired) electrons. The molecule has 0 unspecified atom stereocenters. The molecule has 0 saturated carbocycles. The molecule has 0 spiro atoms. The Bertz CT molecular complexity index is 727. The van der Waals surface area contributed by atoms with E-state index in [1.807, 2.05) is 0 Å². The SMILES string of the molecule is CSCC[C@H](NC(=O)[C@H](Cc1ccc(O)cc1)NC(=O)[C@@H](N)CC(=O)O)C(=O)O. The van der Waals surface area contributed by atoms with Crippen LogP contribution in [0.1, 0.15) is 18.4 Å². The molecule has 0 aliphatic heterocycles. The molecule has 1 aromatic rings. The zero-order valence-electron chi connectivity index (χ0n) is 15.8. The highest BCUT2D eigenvalue weighted by atomic mass is 32.2. The molecule has 7 N–H and O–H groups in total. The summed E-state index contributed by atoms with van der Waals surface area (Å²) in [6.45, 7) is 0. The molecule has 0 saturated heterocycles. The predicted octanol–water partition coefficient (Wildman–Crippen LogP) is -0.456. The molecule has 29 heavy (non-hydrogen) atoms. The number of benzene rings is 1. The van der Waals surface area contributed by atoms with Crippen molar-refractivity contribution < 1.29 is 34.5 Å². The Morgan fingerprint density at radius 2 is 1.62 bits per heavy atom. The predicted molar refractivity (Wildman–Crippen MR) is 107 cm³/mol. The van der Waals surface area contributed by atoms with Gasteiger partial charge in [-0.1, -0.05) is 12.1 Å². The van der Waals surface area contributed by atoms with Gasteiger partial charge in [-0.15, -0.1) is 0 Å². The van der Waals surface area contributed by atoms with Crippen molar-refractivity contribution in [1.82, 2.24) is 10.6 Å². The monoisotopic (exact) mass is 427 g/mol. The number of aliphatic carboxylic acids is 2. The number of carboxylic acids is 2. The van der Waals surface area contributed by atoms with Gasteiger partial charge in [-0.05, 0) is 36.1 Å². The number of thioether (sulfide) groups is 1. The quantitative estimate of drug-likeness (QED) is 0.257. The number of carbonyl (C=O) groups is 4. The normalized spacial score (nSPS) is 13.7. The van der Waals surface area contributed by atoms with Crippen LogP contribution in [-0.4, -0.2) is 69.2 Å². The molecule has 11 heteroatoms. The number of nitrogens with one attached hydrogen (secondary N) is 2. The van der Waals surface area contributed by atoms with Gasteiger partial charge in [0.25, 0.3) is 0 Å². The molecule has 160 valence electrons. The van der Waals surface area contributed by atoms with Crippen LogP contribution in [0.3, 0.4) is 0 Å². The zero-order valence-corrected chi connectivity index (χ0v) is 16.6. The van der Waals surface area contributed by atoms with E-state index in [2.05, 4.69) is 10.6 Å². The molecule has 0 aromatic heterocycles. The van der Waals surface area contributed by atoms with Crippen LogP contribution in [0.2, 0.25) is 0 Å². The van der Waals surface area contributed by atoms with Gasteiger partial charge in [0.05, 0.1) is 12.5 Å². The summed E-state index contributed by atoms with van der Waals surface area (Å²) in [6.07, 6.45) is 1.37. The zero-order chi connectivity index (χ0) is 22.0. The Hall–Kier alpha value is -2.79. The number of phenols is 1. The number of hydrogen-bond acceptors (Lipinski definition) is 7. The van der Waals surface area contributed by atoms with Crippen LogP contribution in [0.15, 0.2) is 24.3 Å². The maximum absolute atomic E-state index is 12.7. The van der Waals surface area contributed by atoms with Crippen LogP contribution in [-0.2, 0) is 25.6 Å². The number of aromatic hydroxyl groups is 1. The fraction of sp³-hybridized carbons (Fsp3) is 0.444. The van der Waals surface area contributed by atoms with E-state index >= 15 is 0 Å². The number of nitrogens with two attached hydrogens (primary N) is 1. The van der Waals surface area contributed by atoms with Gasteiger partial charge in [0.2, 0.25) is 11.8 Å². The van der Waals surface area contributed by atoms with Crippen molar-refractivity contribution in [3.8, 4) is 5.75 Å². The maximum atomic E-state index is 12.7. The van der Waals surface area contributed by atoms with E-state index in [9.17, 15) is 29.4 Å². The van der Waals surface area contributed by atoms with Crippen molar-refractivity contribution in [2.24, 2.45) is 5.73 Å². The summed E-state index contributed by atoms with van der Waals surface area (Å²) >= 11 is 1.43. The van der Waals surface area contributed by atoms with Gasteiger partial charge in [-0.2, -0.15) is 11.8 Å². The first kappa shape index (κ1) is 24.2. The van der Waals surface area contributed by atoms with Crippen LogP contribution in [0, 0.1) is 0 Å². The van der Waals surface area contributed by atoms with E-state index in [1.165, 1.54) is 23.9 Å². The molecule has 3 atom stereocenters. The lowest BCUT2D eigenvalue weighted by molar-refractivity contribution is -0.142. The lowest BCUT2D eigenvalue weighted by Gasteiger charge is -2.23. The number of carboxylic acid groups (broad SMARTS) is 2. The van der Waals surface area contributed by atoms with Gasteiger partial charge in [-0.3, -0.25) is 14.4 Å². The molecule has 2 amide bonds. The van der Waals surface area contributed by atoms with E-state index in [4.69, 9.17) is 10.8 Å². The van der Waals surface area contributed by atoms with Crippen molar-refractivity contribution in [3.05, 3.63) is 29.8 Å². The van der Waals surface area contributed by atoms with Crippen LogP contribution in [0.25, 0.3) is 0 Å². The summed E-state index contributed by atoms with van der Waals surface area (Å²) in [4.78, 5) is 47.0. The maximum Gasteiger partial charge on any atom is 0.326 e. The molecule has 10 nitrogen and oxygen atoms in total. The second-order valence-electron chi connectivity index (χ2n) is 6.32. The highest BCUT2D eigenvalue weighted by Gasteiger charge is 2.28. The van der Waals surface area contributed by atoms with Gasteiger partial charge in [0.15, 0.2) is 0 Å². The first-order valence-corrected chi connectivity index (χ1v) is 10.1. The van der Waals surface area contributed by atoms with Gasteiger partial charge < -0.3 is 31.7 Å². The summed E-state index contributed by atoms with van der Waals surface area (Å²) in [5.41, 5.74) is 6.13. The van der Waals surface area contributed by atoms with Crippen molar-refractivity contribution in [3.63, 3.8) is 0 Å². The average Bonchev–Trinajstić information content (AvgIpc) is 2.65. The molecule has 0 aliphatic rings. The summed E-state index contributed by atoms with van der Waals surface area (Å²) in [7, 11) is 0.